The van der Waals surface area contributed by atoms with Crippen LogP contribution in [-0.4, -0.2) is 52.8 Å². The van der Waals surface area contributed by atoms with Gasteiger partial charge in [0.15, 0.2) is 0 Å². The van der Waals surface area contributed by atoms with Crippen LogP contribution in [0, 0.1) is 0 Å². The lowest BCUT2D eigenvalue weighted by molar-refractivity contribution is -0.147. The number of carbonyl (C=O) groups is 2. The molecule has 6 heteroatoms. The van der Waals surface area contributed by atoms with Crippen molar-refractivity contribution >= 4 is 11.8 Å². The predicted molar refractivity (Wildman–Crippen MR) is 111 cm³/mol. The van der Waals surface area contributed by atoms with E-state index < -0.39 is 11.8 Å². The SMILES string of the molecule is CC(c1cccnc1)N1CCN(C(=O)C(=O)NCc2ccc3c(c2)CCC3)CC1. The molecule has 1 atom stereocenters. The number of nitrogens with one attached hydrogen (secondary N) is 1. The minimum absolute atomic E-state index is 0.245. The average molecular weight is 393 g/mol. The minimum atomic E-state index is -0.515. The fourth-order valence-corrected chi connectivity index (χ4v) is 4.28. The van der Waals surface area contributed by atoms with E-state index in [4.69, 9.17) is 0 Å². The molecule has 1 unspecified atom stereocenters. The monoisotopic (exact) mass is 392 g/mol. The Kier molecular flexibility index (Phi) is 5.90. The number of hydrogen-bond donors (Lipinski definition) is 1. The predicted octanol–water partition coefficient (Wildman–Crippen LogP) is 2.09. The Labute approximate surface area is 171 Å². The lowest BCUT2D eigenvalue weighted by Crippen LogP contribution is -2.52. The summed E-state index contributed by atoms with van der Waals surface area (Å²) in [5.74, 6) is -0.945. The van der Waals surface area contributed by atoms with Crippen molar-refractivity contribution in [3.05, 3.63) is 65.0 Å². The molecule has 0 bridgehead atoms. The standard InChI is InChI=1S/C23H28N4O2/c1-17(21-6-3-9-24-16-21)26-10-12-27(13-11-26)23(29)22(28)25-15-18-7-8-19-4-2-5-20(19)14-18/h3,6-9,14,16-17H,2,4-5,10-13,15H2,1H3,(H,25,28). The molecule has 1 N–H and O–H groups in total. The third kappa shape index (κ3) is 4.48. The maximum atomic E-state index is 12.5. The highest BCUT2D eigenvalue weighted by Gasteiger charge is 2.28. The number of aromatic nitrogens is 1. The highest BCUT2D eigenvalue weighted by molar-refractivity contribution is 6.35. The number of piperazine rings is 1. The van der Waals surface area contributed by atoms with Crippen LogP contribution in [0.3, 0.4) is 0 Å². The van der Waals surface area contributed by atoms with Crippen molar-refractivity contribution in [2.24, 2.45) is 0 Å². The summed E-state index contributed by atoms with van der Waals surface area (Å²) in [6.07, 6.45) is 7.11. The van der Waals surface area contributed by atoms with Crippen molar-refractivity contribution in [3.63, 3.8) is 0 Å². The molecular formula is C23H28N4O2. The minimum Gasteiger partial charge on any atom is -0.344 e. The van der Waals surface area contributed by atoms with Gasteiger partial charge in [0.25, 0.3) is 0 Å². The van der Waals surface area contributed by atoms with Crippen molar-refractivity contribution in [1.29, 1.82) is 0 Å². The lowest BCUT2D eigenvalue weighted by atomic mass is 10.1. The van der Waals surface area contributed by atoms with Crippen molar-refractivity contribution in [1.82, 2.24) is 20.1 Å². The number of amides is 2. The number of fused-ring (bicyclic) bond motifs is 1. The van der Waals surface area contributed by atoms with Crippen LogP contribution < -0.4 is 5.32 Å². The second-order valence-electron chi connectivity index (χ2n) is 7.93. The Balaban J connectivity index is 1.26. The van der Waals surface area contributed by atoms with Gasteiger partial charge in [0.05, 0.1) is 0 Å². The van der Waals surface area contributed by atoms with Gasteiger partial charge in [-0.25, -0.2) is 0 Å². The van der Waals surface area contributed by atoms with Crippen LogP contribution in [0.15, 0.2) is 42.7 Å². The molecule has 0 saturated carbocycles. The number of hydrogen-bond acceptors (Lipinski definition) is 4. The molecule has 152 valence electrons. The molecule has 1 saturated heterocycles. The van der Waals surface area contributed by atoms with Crippen LogP contribution in [0.25, 0.3) is 0 Å². The molecule has 29 heavy (non-hydrogen) atoms. The van der Waals surface area contributed by atoms with Gasteiger partial charge in [-0.1, -0.05) is 24.3 Å². The zero-order chi connectivity index (χ0) is 20.2. The first-order valence-electron chi connectivity index (χ1n) is 10.4. The highest BCUT2D eigenvalue weighted by atomic mass is 16.2. The van der Waals surface area contributed by atoms with E-state index >= 15 is 0 Å². The first kappa shape index (κ1) is 19.6. The summed E-state index contributed by atoms with van der Waals surface area (Å²) in [5, 5.41) is 2.80. The number of benzene rings is 1. The topological polar surface area (TPSA) is 65.5 Å². The van der Waals surface area contributed by atoms with Gasteiger partial charge in [0.2, 0.25) is 0 Å². The van der Waals surface area contributed by atoms with Gasteiger partial charge in [-0.3, -0.25) is 19.5 Å². The molecule has 2 amide bonds. The first-order chi connectivity index (χ1) is 14.1. The van der Waals surface area contributed by atoms with Crippen LogP contribution >= 0.6 is 0 Å². The quantitative estimate of drug-likeness (QED) is 0.810. The summed E-state index contributed by atoms with van der Waals surface area (Å²) in [4.78, 5) is 33.1. The fourth-order valence-electron chi connectivity index (χ4n) is 4.28. The summed E-state index contributed by atoms with van der Waals surface area (Å²) < 4.78 is 0. The zero-order valence-corrected chi connectivity index (χ0v) is 16.9. The van der Waals surface area contributed by atoms with E-state index in [1.165, 1.54) is 23.1 Å². The van der Waals surface area contributed by atoms with Crippen molar-refractivity contribution in [3.8, 4) is 0 Å². The van der Waals surface area contributed by atoms with Gasteiger partial charge in [-0.15, -0.1) is 0 Å². The number of pyridine rings is 1. The fraction of sp³-hybridized carbons (Fsp3) is 0.435. The maximum Gasteiger partial charge on any atom is 0.311 e. The Morgan fingerprint density at radius 1 is 1.10 bits per heavy atom. The molecule has 2 aromatic rings. The molecule has 1 aliphatic carbocycles. The van der Waals surface area contributed by atoms with Gasteiger partial charge in [-0.2, -0.15) is 0 Å². The summed E-state index contributed by atoms with van der Waals surface area (Å²) in [6.45, 7) is 5.18. The van der Waals surface area contributed by atoms with Gasteiger partial charge in [-0.05, 0) is 54.5 Å². The van der Waals surface area contributed by atoms with E-state index in [0.717, 1.165) is 31.5 Å². The van der Waals surface area contributed by atoms with E-state index in [1.54, 1.807) is 11.1 Å². The van der Waals surface area contributed by atoms with Crippen molar-refractivity contribution in [2.45, 2.75) is 38.8 Å². The third-order valence-electron chi connectivity index (χ3n) is 6.13. The number of rotatable bonds is 4. The average Bonchev–Trinajstić information content (AvgIpc) is 3.25. The van der Waals surface area contributed by atoms with Crippen molar-refractivity contribution in [2.75, 3.05) is 26.2 Å². The van der Waals surface area contributed by atoms with Crippen LogP contribution in [0.2, 0.25) is 0 Å². The summed E-state index contributed by atoms with van der Waals surface area (Å²) in [6, 6.07) is 10.6. The largest absolute Gasteiger partial charge is 0.344 e. The van der Waals surface area contributed by atoms with E-state index in [1.807, 2.05) is 18.3 Å². The molecule has 0 spiro atoms. The molecule has 0 radical (unpaired) electrons. The molecular weight excluding hydrogens is 364 g/mol. The zero-order valence-electron chi connectivity index (χ0n) is 16.9. The molecule has 1 aromatic carbocycles. The van der Waals surface area contributed by atoms with Crippen LogP contribution in [0.5, 0.6) is 0 Å². The number of carbonyl (C=O) groups excluding carboxylic acids is 2. The van der Waals surface area contributed by atoms with Crippen molar-refractivity contribution < 1.29 is 9.59 Å². The summed E-state index contributed by atoms with van der Waals surface area (Å²) in [7, 11) is 0. The lowest BCUT2D eigenvalue weighted by Gasteiger charge is -2.37. The molecule has 6 nitrogen and oxygen atoms in total. The normalized spacial score (nSPS) is 17.6. The Morgan fingerprint density at radius 3 is 2.66 bits per heavy atom. The Morgan fingerprint density at radius 2 is 1.90 bits per heavy atom. The Bertz CT molecular complexity index is 876. The summed E-state index contributed by atoms with van der Waals surface area (Å²) in [5.41, 5.74) is 5.01. The van der Waals surface area contributed by atoms with Crippen LogP contribution in [-0.2, 0) is 29.0 Å². The van der Waals surface area contributed by atoms with E-state index in [2.05, 4.69) is 40.3 Å². The maximum absolute atomic E-state index is 12.5. The summed E-state index contributed by atoms with van der Waals surface area (Å²) >= 11 is 0. The van der Waals surface area contributed by atoms with Gasteiger partial charge in [0.1, 0.15) is 0 Å². The van der Waals surface area contributed by atoms with Crippen LogP contribution in [0.1, 0.15) is 41.6 Å². The van der Waals surface area contributed by atoms with Gasteiger partial charge in [0, 0.05) is 51.2 Å². The van der Waals surface area contributed by atoms with E-state index in [-0.39, 0.29) is 6.04 Å². The number of aryl methyl sites for hydroxylation is 2. The highest BCUT2D eigenvalue weighted by Crippen LogP contribution is 2.23. The third-order valence-corrected chi connectivity index (χ3v) is 6.13. The molecule has 1 aliphatic heterocycles. The molecule has 1 fully saturated rings. The van der Waals surface area contributed by atoms with Gasteiger partial charge < -0.3 is 10.2 Å². The smallest absolute Gasteiger partial charge is 0.311 e. The van der Waals surface area contributed by atoms with E-state index in [9.17, 15) is 9.59 Å². The van der Waals surface area contributed by atoms with E-state index in [0.29, 0.717) is 19.6 Å². The molecule has 2 heterocycles. The molecule has 2 aliphatic rings. The first-order valence-corrected chi connectivity index (χ1v) is 10.4. The number of nitrogens with zero attached hydrogens (tertiary/aromatic N) is 3. The van der Waals surface area contributed by atoms with Gasteiger partial charge >= 0.3 is 11.8 Å². The molecule has 4 rings (SSSR count). The molecule has 1 aromatic heterocycles. The second-order valence-corrected chi connectivity index (χ2v) is 7.93. The second kappa shape index (κ2) is 8.74. The Hall–Kier alpha value is -2.73. The van der Waals surface area contributed by atoms with Crippen LogP contribution in [0.4, 0.5) is 0 Å².